The normalized spacial score (nSPS) is 20.3. The van der Waals surface area contributed by atoms with Gasteiger partial charge in [0.2, 0.25) is 0 Å². The first-order valence-electron chi connectivity index (χ1n) is 11.9. The summed E-state index contributed by atoms with van der Waals surface area (Å²) in [6, 6.07) is 28.9. The second-order valence-corrected chi connectivity index (χ2v) is 8.74. The van der Waals surface area contributed by atoms with E-state index in [2.05, 4.69) is 10.0 Å². The van der Waals surface area contributed by atoms with Crippen molar-refractivity contribution in [1.82, 2.24) is 4.90 Å². The van der Waals surface area contributed by atoms with Crippen LogP contribution in [0.3, 0.4) is 0 Å². The van der Waals surface area contributed by atoms with E-state index in [4.69, 9.17) is 15.0 Å². The van der Waals surface area contributed by atoms with Gasteiger partial charge in [0, 0.05) is 11.5 Å². The summed E-state index contributed by atoms with van der Waals surface area (Å²) in [4.78, 5) is 18.3. The van der Waals surface area contributed by atoms with Crippen molar-refractivity contribution in [2.45, 2.75) is 57.2 Å². The molecule has 1 fully saturated rings. The third-order valence-electron chi connectivity index (χ3n) is 6.34. The Labute approximate surface area is 205 Å². The fraction of sp³-hybridized carbons (Fsp3) is 0.321. The zero-order chi connectivity index (χ0) is 24.5. The molecule has 4 atom stereocenters. The summed E-state index contributed by atoms with van der Waals surface area (Å²) in [5, 5.41) is 3.89. The average Bonchev–Trinajstić information content (AvgIpc) is 2.90. The highest BCUT2D eigenvalue weighted by atomic mass is 16.6. The van der Waals surface area contributed by atoms with E-state index in [9.17, 15) is 4.79 Å². The molecule has 35 heavy (non-hydrogen) atoms. The fourth-order valence-electron chi connectivity index (χ4n) is 4.56. The van der Waals surface area contributed by atoms with Crippen LogP contribution in [-0.2, 0) is 22.6 Å². The second-order valence-electron chi connectivity index (χ2n) is 8.74. The SMILES string of the molecule is CC1OC(C(c2ccccc2)N(Cc2ccccc2)C(=O)OCc2ccccc2)CCC1N=[N+]=[N-]. The van der Waals surface area contributed by atoms with Gasteiger partial charge in [-0.15, -0.1) is 0 Å². The minimum Gasteiger partial charge on any atom is -0.445 e. The molecule has 180 valence electrons. The first-order valence-corrected chi connectivity index (χ1v) is 11.9. The van der Waals surface area contributed by atoms with Crippen LogP contribution in [0.4, 0.5) is 4.79 Å². The monoisotopic (exact) mass is 470 g/mol. The van der Waals surface area contributed by atoms with Crippen LogP contribution in [0.5, 0.6) is 0 Å². The number of azide groups is 1. The quantitative estimate of drug-likeness (QED) is 0.206. The topological polar surface area (TPSA) is 87.5 Å². The molecule has 1 saturated heterocycles. The molecule has 7 heteroatoms. The lowest BCUT2D eigenvalue weighted by atomic mass is 9.91. The van der Waals surface area contributed by atoms with Crippen molar-refractivity contribution in [1.29, 1.82) is 0 Å². The van der Waals surface area contributed by atoms with Crippen molar-refractivity contribution in [2.24, 2.45) is 5.11 Å². The van der Waals surface area contributed by atoms with Gasteiger partial charge in [-0.25, -0.2) is 4.79 Å². The van der Waals surface area contributed by atoms with Gasteiger partial charge in [-0.05, 0) is 42.0 Å². The number of ether oxygens (including phenoxy) is 2. The van der Waals surface area contributed by atoms with Gasteiger partial charge in [-0.3, -0.25) is 4.90 Å². The smallest absolute Gasteiger partial charge is 0.411 e. The number of hydrogen-bond acceptors (Lipinski definition) is 4. The molecule has 0 N–H and O–H groups in total. The zero-order valence-electron chi connectivity index (χ0n) is 19.8. The van der Waals surface area contributed by atoms with Crippen LogP contribution in [0.15, 0.2) is 96.1 Å². The molecule has 4 rings (SSSR count). The maximum atomic E-state index is 13.6. The Morgan fingerprint density at radius 2 is 1.60 bits per heavy atom. The van der Waals surface area contributed by atoms with E-state index in [1.807, 2.05) is 97.9 Å². The van der Waals surface area contributed by atoms with Crippen molar-refractivity contribution in [3.8, 4) is 0 Å². The lowest BCUT2D eigenvalue weighted by Gasteiger charge is -2.41. The Balaban J connectivity index is 1.65. The molecule has 1 aliphatic heterocycles. The minimum absolute atomic E-state index is 0.188. The molecule has 1 aliphatic rings. The van der Waals surface area contributed by atoms with Crippen LogP contribution in [0.1, 0.15) is 42.5 Å². The van der Waals surface area contributed by atoms with E-state index in [0.29, 0.717) is 19.4 Å². The maximum Gasteiger partial charge on any atom is 0.411 e. The molecule has 1 amide bonds. The van der Waals surface area contributed by atoms with Gasteiger partial charge in [-0.2, -0.15) is 0 Å². The number of carbonyl (C=O) groups is 1. The molecule has 0 spiro atoms. The summed E-state index contributed by atoms with van der Waals surface area (Å²) >= 11 is 0. The highest BCUT2D eigenvalue weighted by Crippen LogP contribution is 2.36. The summed E-state index contributed by atoms with van der Waals surface area (Å²) in [5.74, 6) is 0. The molecule has 0 saturated carbocycles. The average molecular weight is 471 g/mol. The lowest BCUT2D eigenvalue weighted by molar-refractivity contribution is -0.0905. The van der Waals surface area contributed by atoms with E-state index in [1.54, 1.807) is 4.90 Å². The Kier molecular flexibility index (Phi) is 8.39. The standard InChI is InChI=1S/C28H30N4O3/c1-21-25(30-31-29)17-18-26(35-21)27(24-15-9-4-10-16-24)32(19-22-11-5-2-6-12-22)28(33)34-20-23-13-7-3-8-14-23/h2-16,21,25-27H,17-20H2,1H3. The van der Waals surface area contributed by atoms with Crippen LogP contribution < -0.4 is 0 Å². The molecule has 0 aromatic heterocycles. The molecule has 3 aromatic carbocycles. The maximum absolute atomic E-state index is 13.6. The van der Waals surface area contributed by atoms with Crippen LogP contribution >= 0.6 is 0 Å². The molecular weight excluding hydrogens is 440 g/mol. The van der Waals surface area contributed by atoms with Gasteiger partial charge >= 0.3 is 6.09 Å². The molecule has 3 aromatic rings. The Hall–Kier alpha value is -3.80. The summed E-state index contributed by atoms with van der Waals surface area (Å²) in [7, 11) is 0. The Bertz CT molecular complexity index is 1120. The highest BCUT2D eigenvalue weighted by molar-refractivity contribution is 5.68. The lowest BCUT2D eigenvalue weighted by Crippen LogP contribution is -2.46. The molecule has 1 heterocycles. The van der Waals surface area contributed by atoms with Crippen molar-refractivity contribution in [2.75, 3.05) is 0 Å². The molecule has 0 radical (unpaired) electrons. The predicted molar refractivity (Wildman–Crippen MR) is 134 cm³/mol. The number of amides is 1. The van der Waals surface area contributed by atoms with Gasteiger partial charge in [-0.1, -0.05) is 96.1 Å². The van der Waals surface area contributed by atoms with Crippen molar-refractivity contribution < 1.29 is 14.3 Å². The molecular formula is C28H30N4O3. The summed E-state index contributed by atoms with van der Waals surface area (Å²) in [6.07, 6.45) is 0.419. The van der Waals surface area contributed by atoms with Crippen LogP contribution in [0.2, 0.25) is 0 Å². The van der Waals surface area contributed by atoms with Crippen molar-refractivity contribution in [3.63, 3.8) is 0 Å². The summed E-state index contributed by atoms with van der Waals surface area (Å²) < 4.78 is 12.2. The van der Waals surface area contributed by atoms with Crippen LogP contribution in [-0.4, -0.2) is 29.2 Å². The first-order chi connectivity index (χ1) is 17.2. The number of carbonyl (C=O) groups excluding carboxylic acids is 1. The second kappa shape index (κ2) is 12.1. The van der Waals surface area contributed by atoms with Crippen LogP contribution in [0.25, 0.3) is 10.4 Å². The third-order valence-corrected chi connectivity index (χ3v) is 6.34. The molecule has 0 bridgehead atoms. The van der Waals surface area contributed by atoms with Gasteiger partial charge < -0.3 is 9.47 Å². The number of hydrogen-bond donors (Lipinski definition) is 0. The van der Waals surface area contributed by atoms with E-state index in [0.717, 1.165) is 16.7 Å². The highest BCUT2D eigenvalue weighted by Gasteiger charge is 2.38. The molecule has 7 nitrogen and oxygen atoms in total. The third kappa shape index (κ3) is 6.41. The summed E-state index contributed by atoms with van der Waals surface area (Å²) in [5.41, 5.74) is 11.8. The largest absolute Gasteiger partial charge is 0.445 e. The molecule has 4 unspecified atom stereocenters. The summed E-state index contributed by atoms with van der Waals surface area (Å²) in [6.45, 7) is 2.48. The fourth-order valence-corrected chi connectivity index (χ4v) is 4.56. The first kappa shape index (κ1) is 24.3. The van der Waals surface area contributed by atoms with Crippen molar-refractivity contribution in [3.05, 3.63) is 118 Å². The van der Waals surface area contributed by atoms with E-state index in [-0.39, 0.29) is 30.9 Å². The van der Waals surface area contributed by atoms with E-state index < -0.39 is 6.09 Å². The molecule has 0 aliphatic carbocycles. The predicted octanol–water partition coefficient (Wildman–Crippen LogP) is 6.81. The van der Waals surface area contributed by atoms with Crippen molar-refractivity contribution >= 4 is 6.09 Å². The Morgan fingerprint density at radius 3 is 2.20 bits per heavy atom. The number of benzene rings is 3. The van der Waals surface area contributed by atoms with Crippen LogP contribution in [0, 0.1) is 0 Å². The number of nitrogens with zero attached hydrogens (tertiary/aromatic N) is 4. The van der Waals surface area contributed by atoms with E-state index in [1.165, 1.54) is 0 Å². The van der Waals surface area contributed by atoms with Gasteiger partial charge in [0.1, 0.15) is 6.61 Å². The Morgan fingerprint density at radius 1 is 1.00 bits per heavy atom. The number of rotatable bonds is 8. The van der Waals surface area contributed by atoms with E-state index >= 15 is 0 Å². The minimum atomic E-state index is -0.403. The van der Waals surface area contributed by atoms with Gasteiger partial charge in [0.05, 0.1) is 24.3 Å². The van der Waals surface area contributed by atoms with Gasteiger partial charge in [0.15, 0.2) is 0 Å². The van der Waals surface area contributed by atoms with Gasteiger partial charge in [0.25, 0.3) is 0 Å². The zero-order valence-corrected chi connectivity index (χ0v) is 19.8.